The largest absolute Gasteiger partial charge is 0.454 e. The fourth-order valence-electron chi connectivity index (χ4n) is 4.83. The number of fused-ring (bicyclic) bond motifs is 1. The number of nitrogens with one attached hydrogen (secondary N) is 1. The number of aromatic nitrogens is 4. The number of ether oxygens (including phenoxy) is 4. The molecule has 0 fully saturated rings. The van der Waals surface area contributed by atoms with Gasteiger partial charge in [-0.05, 0) is 84.0 Å². The molecule has 0 bridgehead atoms. The number of rotatable bonds is 4. The van der Waals surface area contributed by atoms with E-state index in [1.54, 1.807) is 102 Å². The number of hydrogen-bond acceptors (Lipinski definition) is 12. The summed E-state index contributed by atoms with van der Waals surface area (Å²) in [5, 5.41) is 2.84. The van der Waals surface area contributed by atoms with Crippen molar-refractivity contribution in [3.63, 3.8) is 0 Å². The van der Waals surface area contributed by atoms with Gasteiger partial charge in [-0.2, -0.15) is 0 Å². The van der Waals surface area contributed by atoms with E-state index in [9.17, 15) is 14.4 Å². The first-order valence-corrected chi connectivity index (χ1v) is 15.8. The predicted molar refractivity (Wildman–Crippen MR) is 192 cm³/mol. The van der Waals surface area contributed by atoms with Crippen molar-refractivity contribution in [2.24, 2.45) is 0 Å². The minimum absolute atomic E-state index is 0.0130. The van der Waals surface area contributed by atoms with E-state index in [2.05, 4.69) is 15.3 Å². The molecule has 1 aliphatic rings. The minimum Gasteiger partial charge on any atom is -0.454 e. The molecule has 3 heterocycles. The van der Waals surface area contributed by atoms with Crippen LogP contribution in [0.4, 0.5) is 32.9 Å². The Bertz CT molecular complexity index is 2090. The van der Waals surface area contributed by atoms with Crippen molar-refractivity contribution in [2.75, 3.05) is 29.3 Å². The monoisotopic (exact) mass is 696 g/mol. The van der Waals surface area contributed by atoms with Gasteiger partial charge < -0.3 is 41.5 Å². The third kappa shape index (κ3) is 8.75. The lowest BCUT2D eigenvalue weighted by molar-refractivity contribution is 0.0531. The van der Waals surface area contributed by atoms with Crippen LogP contribution < -0.4 is 32.0 Å². The molecule has 0 saturated heterocycles. The molecule has 3 aromatic carbocycles. The van der Waals surface area contributed by atoms with Crippen molar-refractivity contribution < 1.29 is 33.3 Å². The van der Waals surface area contributed by atoms with E-state index >= 15 is 0 Å². The van der Waals surface area contributed by atoms with E-state index in [0.29, 0.717) is 45.4 Å². The average Bonchev–Trinajstić information content (AvgIpc) is 3.77. The van der Waals surface area contributed by atoms with Gasteiger partial charge in [0.15, 0.2) is 11.5 Å². The van der Waals surface area contributed by atoms with Crippen LogP contribution in [-0.2, 0) is 9.47 Å². The molecule has 0 radical (unpaired) electrons. The molecule has 6 rings (SSSR count). The highest BCUT2D eigenvalue weighted by atomic mass is 16.7. The van der Waals surface area contributed by atoms with Crippen LogP contribution in [-0.4, -0.2) is 55.2 Å². The lowest BCUT2D eigenvalue weighted by atomic mass is 10.1. The molecule has 0 aliphatic carbocycles. The second kappa shape index (κ2) is 14.2. The van der Waals surface area contributed by atoms with Crippen LogP contribution in [0.5, 0.6) is 11.5 Å². The van der Waals surface area contributed by atoms with Gasteiger partial charge in [-0.3, -0.25) is 4.79 Å². The molecule has 0 spiro atoms. The Kier molecular flexibility index (Phi) is 9.93. The van der Waals surface area contributed by atoms with Crippen LogP contribution in [0, 0.1) is 0 Å². The predicted octanol–water partition coefficient (Wildman–Crippen LogP) is 6.39. The fraction of sp³-hybridized carbons (Fsp3) is 0.250. The molecule has 0 saturated carbocycles. The molecule has 2 aromatic heterocycles. The number of carbonyl (C=O) groups is 3. The summed E-state index contributed by atoms with van der Waals surface area (Å²) in [7, 11) is 0. The van der Waals surface area contributed by atoms with Crippen molar-refractivity contribution in [1.29, 1.82) is 0 Å². The van der Waals surface area contributed by atoms with Crippen molar-refractivity contribution in [1.82, 2.24) is 19.1 Å². The zero-order valence-electron chi connectivity index (χ0n) is 29.1. The Balaban J connectivity index is 0.000000218. The first-order chi connectivity index (χ1) is 24.0. The molecule has 266 valence electrons. The molecule has 15 heteroatoms. The third-order valence-electron chi connectivity index (χ3n) is 6.96. The maximum Gasteiger partial charge on any atom is 0.421 e. The van der Waals surface area contributed by atoms with Crippen LogP contribution >= 0.6 is 0 Å². The number of hydrogen-bond donors (Lipinski definition) is 4. The number of nitrogen functional groups attached to an aromatic ring is 3. The number of carbonyl (C=O) groups excluding carboxylic acids is 3. The Morgan fingerprint density at radius 1 is 0.706 bits per heavy atom. The van der Waals surface area contributed by atoms with E-state index < -0.39 is 23.4 Å². The number of anilines is 4. The molecule has 5 aromatic rings. The number of amides is 1. The first-order valence-electron chi connectivity index (χ1n) is 15.8. The van der Waals surface area contributed by atoms with Gasteiger partial charge in [-0.15, -0.1) is 0 Å². The summed E-state index contributed by atoms with van der Waals surface area (Å²) < 4.78 is 23.8. The summed E-state index contributed by atoms with van der Waals surface area (Å²) in [5.41, 5.74) is 20.1. The molecule has 1 amide bonds. The smallest absolute Gasteiger partial charge is 0.421 e. The molecule has 51 heavy (non-hydrogen) atoms. The highest BCUT2D eigenvalue weighted by Crippen LogP contribution is 2.33. The summed E-state index contributed by atoms with van der Waals surface area (Å²) in [6.07, 6.45) is 1.81. The topological polar surface area (TPSA) is 214 Å². The van der Waals surface area contributed by atoms with Crippen LogP contribution in [0.15, 0.2) is 79.1 Å². The Morgan fingerprint density at radius 3 is 1.78 bits per heavy atom. The van der Waals surface area contributed by atoms with Crippen LogP contribution in [0.2, 0.25) is 0 Å². The van der Waals surface area contributed by atoms with Gasteiger partial charge in [0.1, 0.15) is 11.2 Å². The highest BCUT2D eigenvalue weighted by molar-refractivity contribution is 6.05. The lowest BCUT2D eigenvalue weighted by Gasteiger charge is -2.20. The quantitative estimate of drug-likeness (QED) is 0.150. The average molecular weight is 697 g/mol. The first kappa shape index (κ1) is 35.8. The molecule has 7 N–H and O–H groups in total. The number of nitrogens with two attached hydrogens (primary N) is 3. The second-order valence-electron chi connectivity index (χ2n) is 13.4. The van der Waals surface area contributed by atoms with E-state index in [4.69, 9.17) is 36.1 Å². The number of nitrogens with zero attached hydrogens (tertiary/aromatic N) is 4. The van der Waals surface area contributed by atoms with E-state index in [1.165, 1.54) is 21.5 Å². The van der Waals surface area contributed by atoms with Gasteiger partial charge in [0.2, 0.25) is 18.7 Å². The molecule has 0 atom stereocenters. The van der Waals surface area contributed by atoms with Gasteiger partial charge in [0.25, 0.3) is 5.91 Å². The van der Waals surface area contributed by atoms with Crippen LogP contribution in [0.3, 0.4) is 0 Å². The van der Waals surface area contributed by atoms with E-state index in [-0.39, 0.29) is 24.6 Å². The van der Waals surface area contributed by atoms with E-state index in [1.807, 2.05) is 6.07 Å². The molecule has 15 nitrogen and oxygen atoms in total. The zero-order valence-corrected chi connectivity index (χ0v) is 29.1. The fourth-order valence-corrected chi connectivity index (χ4v) is 4.83. The maximum absolute atomic E-state index is 12.7. The summed E-state index contributed by atoms with van der Waals surface area (Å²) in [6, 6.07) is 19.1. The molecule has 0 unspecified atom stereocenters. The van der Waals surface area contributed by atoms with Gasteiger partial charge in [-0.25, -0.2) is 28.7 Å². The minimum atomic E-state index is -0.689. The Morgan fingerprint density at radius 2 is 1.24 bits per heavy atom. The summed E-state index contributed by atoms with van der Waals surface area (Å²) in [4.78, 5) is 45.5. The highest BCUT2D eigenvalue weighted by Gasteiger charge is 2.25. The number of imidazole rings is 2. The van der Waals surface area contributed by atoms with Gasteiger partial charge in [0, 0.05) is 28.1 Å². The van der Waals surface area contributed by atoms with Crippen LogP contribution in [0.25, 0.3) is 22.5 Å². The summed E-state index contributed by atoms with van der Waals surface area (Å²) >= 11 is 0. The van der Waals surface area contributed by atoms with Gasteiger partial charge >= 0.3 is 12.2 Å². The Labute approximate surface area is 294 Å². The van der Waals surface area contributed by atoms with Gasteiger partial charge in [0.05, 0.1) is 23.8 Å². The standard InChI is InChI=1S/C22H22N4O5.C14H18N4O2/c1-22(2,3)31-21(28)26-16(11-24-20(26)23)13-5-4-6-15(9-13)25-19(27)14-7-8-17-18(10-14)30-12-29-17;1-14(2,3)20-13(19)18-11(8-17-12(18)16)9-5-4-6-10(15)7-9/h4-11H,12H2,1-3H3,(H2,23,24)(H,25,27);4-8H,15H2,1-3H3,(H2,16,17). The number of benzene rings is 3. The molecular formula is C36H40N8O7. The normalized spacial score (nSPS) is 12.0. The van der Waals surface area contributed by atoms with E-state index in [0.717, 1.165) is 5.56 Å². The lowest BCUT2D eigenvalue weighted by Crippen LogP contribution is -2.28. The third-order valence-corrected chi connectivity index (χ3v) is 6.96. The maximum atomic E-state index is 12.7. The SMILES string of the molecule is CC(C)(C)OC(=O)n1c(-c2cccc(N)c2)cnc1N.CC(C)(C)OC(=O)n1c(-c2cccc(NC(=O)c3ccc4c(c3)OCO4)c2)cnc1N. The summed E-state index contributed by atoms with van der Waals surface area (Å²) in [5.74, 6) is 0.913. The molecule has 1 aliphatic heterocycles. The zero-order chi connectivity index (χ0) is 37.1. The molecular weight excluding hydrogens is 656 g/mol. The van der Waals surface area contributed by atoms with Crippen molar-refractivity contribution in [3.05, 3.63) is 84.7 Å². The van der Waals surface area contributed by atoms with Gasteiger partial charge in [-0.1, -0.05) is 24.3 Å². The van der Waals surface area contributed by atoms with Crippen molar-refractivity contribution >= 4 is 41.4 Å². The Hall–Kier alpha value is -6.51. The van der Waals surface area contributed by atoms with Crippen LogP contribution in [0.1, 0.15) is 51.9 Å². The van der Waals surface area contributed by atoms with Crippen molar-refractivity contribution in [2.45, 2.75) is 52.7 Å². The van der Waals surface area contributed by atoms with Crippen molar-refractivity contribution in [3.8, 4) is 34.0 Å². The summed E-state index contributed by atoms with van der Waals surface area (Å²) in [6.45, 7) is 10.8. The second-order valence-corrected chi connectivity index (χ2v) is 13.4.